The van der Waals surface area contributed by atoms with Gasteiger partial charge in [-0.05, 0) is 30.5 Å². The van der Waals surface area contributed by atoms with Crippen LogP contribution < -0.4 is 5.32 Å². The largest absolute Gasteiger partial charge is 0.326 e. The van der Waals surface area contributed by atoms with Gasteiger partial charge in [-0.15, -0.1) is 0 Å². The molecule has 3 heteroatoms. The van der Waals surface area contributed by atoms with Crippen molar-refractivity contribution in [3.63, 3.8) is 0 Å². The molecule has 0 spiro atoms. The Bertz CT molecular complexity index is 635. The minimum Gasteiger partial charge on any atom is -0.326 e. The highest BCUT2D eigenvalue weighted by Gasteiger charge is 2.11. The van der Waals surface area contributed by atoms with E-state index in [0.717, 1.165) is 5.56 Å². The number of amides is 1. The van der Waals surface area contributed by atoms with Crippen molar-refractivity contribution >= 4 is 17.4 Å². The van der Waals surface area contributed by atoms with Gasteiger partial charge in [0.25, 0.3) is 0 Å². The number of hydrogen-bond donors (Lipinski definition) is 1. The molecule has 2 aromatic rings. The highest BCUT2D eigenvalue weighted by atomic mass is 16.1. The van der Waals surface area contributed by atoms with Gasteiger partial charge >= 0.3 is 0 Å². The van der Waals surface area contributed by atoms with Crippen molar-refractivity contribution in [2.24, 2.45) is 0 Å². The van der Waals surface area contributed by atoms with E-state index in [1.807, 2.05) is 37.3 Å². The summed E-state index contributed by atoms with van der Waals surface area (Å²) < 4.78 is 0. The number of nitrogens with one attached hydrogen (secondary N) is 1. The van der Waals surface area contributed by atoms with Gasteiger partial charge in [-0.3, -0.25) is 9.59 Å². The molecule has 0 heterocycles. The van der Waals surface area contributed by atoms with E-state index in [2.05, 4.69) is 5.32 Å². The fourth-order valence-corrected chi connectivity index (χ4v) is 2.21. The normalized spacial score (nSPS) is 11.7. The SMILES string of the molecule is CC(=O)c1cccc(NC(=O)CC(C)c2ccccc2)c1. The van der Waals surface area contributed by atoms with Gasteiger partial charge < -0.3 is 5.32 Å². The lowest BCUT2D eigenvalue weighted by atomic mass is 9.97. The summed E-state index contributed by atoms with van der Waals surface area (Å²) in [6, 6.07) is 17.0. The second-order valence-corrected chi connectivity index (χ2v) is 5.20. The predicted molar refractivity (Wildman–Crippen MR) is 84.6 cm³/mol. The Morgan fingerprint density at radius 2 is 1.76 bits per heavy atom. The minimum absolute atomic E-state index is 0.0104. The first-order valence-electron chi connectivity index (χ1n) is 7.02. The molecule has 0 saturated heterocycles. The van der Waals surface area contributed by atoms with E-state index < -0.39 is 0 Å². The first-order chi connectivity index (χ1) is 10.1. The fraction of sp³-hybridized carbons (Fsp3) is 0.222. The van der Waals surface area contributed by atoms with Gasteiger partial charge in [-0.2, -0.15) is 0 Å². The molecule has 1 atom stereocenters. The third kappa shape index (κ3) is 4.28. The molecule has 0 saturated carbocycles. The van der Waals surface area contributed by atoms with Crippen LogP contribution in [0.2, 0.25) is 0 Å². The maximum absolute atomic E-state index is 12.1. The number of anilines is 1. The van der Waals surface area contributed by atoms with Crippen molar-refractivity contribution in [3.8, 4) is 0 Å². The summed E-state index contributed by atoms with van der Waals surface area (Å²) in [5.74, 6) is 0.0954. The summed E-state index contributed by atoms with van der Waals surface area (Å²) >= 11 is 0. The van der Waals surface area contributed by atoms with Crippen molar-refractivity contribution in [2.75, 3.05) is 5.32 Å². The number of Topliss-reactive ketones (excluding diaryl/α,β-unsaturated/α-hetero) is 1. The summed E-state index contributed by atoms with van der Waals surface area (Å²) in [6.07, 6.45) is 0.411. The maximum atomic E-state index is 12.1. The van der Waals surface area contributed by atoms with Gasteiger partial charge in [0, 0.05) is 17.7 Å². The highest BCUT2D eigenvalue weighted by Crippen LogP contribution is 2.19. The molecule has 0 aliphatic rings. The molecule has 0 bridgehead atoms. The van der Waals surface area contributed by atoms with Gasteiger partial charge in [-0.1, -0.05) is 49.4 Å². The molecule has 0 fully saturated rings. The van der Waals surface area contributed by atoms with E-state index in [1.165, 1.54) is 6.92 Å². The molecule has 2 rings (SSSR count). The third-order valence-corrected chi connectivity index (χ3v) is 3.41. The van der Waals surface area contributed by atoms with E-state index in [-0.39, 0.29) is 17.6 Å². The highest BCUT2D eigenvalue weighted by molar-refractivity contribution is 5.97. The fourth-order valence-electron chi connectivity index (χ4n) is 2.21. The number of rotatable bonds is 5. The Hall–Kier alpha value is -2.42. The molecule has 108 valence electrons. The van der Waals surface area contributed by atoms with Crippen LogP contribution in [0.4, 0.5) is 5.69 Å². The zero-order valence-electron chi connectivity index (χ0n) is 12.3. The Morgan fingerprint density at radius 3 is 2.43 bits per heavy atom. The van der Waals surface area contributed by atoms with E-state index in [4.69, 9.17) is 0 Å². The zero-order chi connectivity index (χ0) is 15.2. The summed E-state index contributed by atoms with van der Waals surface area (Å²) in [4.78, 5) is 23.4. The molecule has 0 aliphatic carbocycles. The van der Waals surface area contributed by atoms with Gasteiger partial charge in [-0.25, -0.2) is 0 Å². The van der Waals surface area contributed by atoms with Crippen LogP contribution in [0.1, 0.15) is 42.1 Å². The average Bonchev–Trinajstić information content (AvgIpc) is 2.48. The van der Waals surface area contributed by atoms with Crippen molar-refractivity contribution in [1.82, 2.24) is 0 Å². The molecular formula is C18H19NO2. The molecule has 1 amide bonds. The van der Waals surface area contributed by atoms with Crippen LogP contribution in [0.15, 0.2) is 54.6 Å². The Labute approximate surface area is 125 Å². The molecule has 21 heavy (non-hydrogen) atoms. The van der Waals surface area contributed by atoms with Gasteiger partial charge in [0.05, 0.1) is 0 Å². The van der Waals surface area contributed by atoms with Crippen LogP contribution in [0.25, 0.3) is 0 Å². The Morgan fingerprint density at radius 1 is 1.05 bits per heavy atom. The van der Waals surface area contributed by atoms with Crippen LogP contribution in [0, 0.1) is 0 Å². The first-order valence-corrected chi connectivity index (χ1v) is 7.02. The molecule has 1 N–H and O–H groups in total. The van der Waals surface area contributed by atoms with E-state index in [0.29, 0.717) is 17.7 Å². The first kappa shape index (κ1) is 15.0. The predicted octanol–water partition coefficient (Wildman–Crippen LogP) is 4.02. The number of carbonyl (C=O) groups excluding carboxylic acids is 2. The molecule has 2 aromatic carbocycles. The molecule has 0 aliphatic heterocycles. The number of hydrogen-bond acceptors (Lipinski definition) is 2. The standard InChI is InChI=1S/C18H19NO2/c1-13(15-7-4-3-5-8-15)11-18(21)19-17-10-6-9-16(12-17)14(2)20/h3-10,12-13H,11H2,1-2H3,(H,19,21). The summed E-state index contributed by atoms with van der Waals surface area (Å²) in [7, 11) is 0. The molecule has 3 nitrogen and oxygen atoms in total. The summed E-state index contributed by atoms with van der Waals surface area (Å²) in [6.45, 7) is 3.54. The minimum atomic E-state index is -0.0490. The second kappa shape index (κ2) is 6.84. The van der Waals surface area contributed by atoms with Gasteiger partial charge in [0.1, 0.15) is 0 Å². The van der Waals surface area contributed by atoms with Crippen LogP contribution in [0.5, 0.6) is 0 Å². The number of ketones is 1. The van der Waals surface area contributed by atoms with Crippen LogP contribution >= 0.6 is 0 Å². The second-order valence-electron chi connectivity index (χ2n) is 5.20. The Balaban J connectivity index is 1.99. The van der Waals surface area contributed by atoms with Crippen LogP contribution in [-0.2, 0) is 4.79 Å². The lowest BCUT2D eigenvalue weighted by Crippen LogP contribution is -2.14. The molecule has 0 radical (unpaired) electrons. The van der Waals surface area contributed by atoms with E-state index >= 15 is 0 Å². The summed E-state index contributed by atoms with van der Waals surface area (Å²) in [5, 5.41) is 2.85. The zero-order valence-corrected chi connectivity index (χ0v) is 12.3. The van der Waals surface area contributed by atoms with E-state index in [9.17, 15) is 9.59 Å². The van der Waals surface area contributed by atoms with Crippen molar-refractivity contribution in [1.29, 1.82) is 0 Å². The molecular weight excluding hydrogens is 262 g/mol. The topological polar surface area (TPSA) is 46.2 Å². The van der Waals surface area contributed by atoms with Crippen LogP contribution in [-0.4, -0.2) is 11.7 Å². The van der Waals surface area contributed by atoms with Crippen LogP contribution in [0.3, 0.4) is 0 Å². The van der Waals surface area contributed by atoms with E-state index in [1.54, 1.807) is 24.3 Å². The maximum Gasteiger partial charge on any atom is 0.224 e. The van der Waals surface area contributed by atoms with Crippen molar-refractivity contribution < 1.29 is 9.59 Å². The summed E-state index contributed by atoms with van der Waals surface area (Å²) in [5.41, 5.74) is 2.40. The third-order valence-electron chi connectivity index (χ3n) is 3.41. The molecule has 1 unspecified atom stereocenters. The van der Waals surface area contributed by atoms with Gasteiger partial charge in [0.2, 0.25) is 5.91 Å². The van der Waals surface area contributed by atoms with Gasteiger partial charge in [0.15, 0.2) is 5.78 Å². The lowest BCUT2D eigenvalue weighted by molar-refractivity contribution is -0.116. The monoisotopic (exact) mass is 281 g/mol. The smallest absolute Gasteiger partial charge is 0.224 e. The quantitative estimate of drug-likeness (QED) is 0.841. The average molecular weight is 281 g/mol. The van der Waals surface area contributed by atoms with Crippen molar-refractivity contribution in [3.05, 3.63) is 65.7 Å². The Kier molecular flexibility index (Phi) is 4.88. The number of carbonyl (C=O) groups is 2. The number of benzene rings is 2. The van der Waals surface area contributed by atoms with Crippen molar-refractivity contribution in [2.45, 2.75) is 26.2 Å². The molecule has 0 aromatic heterocycles. The lowest BCUT2D eigenvalue weighted by Gasteiger charge is -2.12.